The molecule has 0 heterocycles. The van der Waals surface area contributed by atoms with E-state index in [0.717, 1.165) is 44.3 Å². The van der Waals surface area contributed by atoms with Gasteiger partial charge in [-0.25, -0.2) is 0 Å². The first-order valence-electron chi connectivity index (χ1n) is 6.41. The second-order valence-electron chi connectivity index (χ2n) is 4.98. The number of phenolic OH excluding ortho intramolecular Hbond substituents is 1. The van der Waals surface area contributed by atoms with Crippen LogP contribution in [0.5, 0.6) is 5.75 Å². The predicted molar refractivity (Wildman–Crippen MR) is 67.8 cm³/mol. The summed E-state index contributed by atoms with van der Waals surface area (Å²) in [4.78, 5) is 0. The number of hydrogen-bond acceptors (Lipinski definition) is 3. The van der Waals surface area contributed by atoms with Crippen LogP contribution in [0.3, 0.4) is 0 Å². The third-order valence-electron chi connectivity index (χ3n) is 3.49. The zero-order chi connectivity index (χ0) is 12.1. The van der Waals surface area contributed by atoms with E-state index in [2.05, 4.69) is 5.32 Å². The Morgan fingerprint density at radius 1 is 1.18 bits per heavy atom. The van der Waals surface area contributed by atoms with Gasteiger partial charge in [0.05, 0.1) is 6.10 Å². The molecule has 0 bridgehead atoms. The third-order valence-corrected chi connectivity index (χ3v) is 3.49. The molecule has 0 unspecified atom stereocenters. The summed E-state index contributed by atoms with van der Waals surface area (Å²) in [5, 5.41) is 22.2. The van der Waals surface area contributed by atoms with E-state index in [0.29, 0.717) is 11.7 Å². The van der Waals surface area contributed by atoms with Crippen LogP contribution in [0.1, 0.15) is 31.2 Å². The molecule has 17 heavy (non-hydrogen) atoms. The molecule has 3 N–H and O–H groups in total. The van der Waals surface area contributed by atoms with Gasteiger partial charge in [-0.3, -0.25) is 0 Å². The summed E-state index contributed by atoms with van der Waals surface area (Å²) in [6.07, 6.45) is 4.05. The van der Waals surface area contributed by atoms with Gasteiger partial charge in [-0.1, -0.05) is 12.1 Å². The van der Waals surface area contributed by atoms with Crippen LogP contribution in [0.25, 0.3) is 0 Å². The maximum Gasteiger partial charge on any atom is 0.115 e. The van der Waals surface area contributed by atoms with E-state index in [9.17, 15) is 10.2 Å². The van der Waals surface area contributed by atoms with Crippen molar-refractivity contribution in [3.8, 4) is 5.75 Å². The molecule has 0 saturated heterocycles. The molecule has 3 nitrogen and oxygen atoms in total. The van der Waals surface area contributed by atoms with Crippen molar-refractivity contribution in [2.45, 2.75) is 38.3 Å². The van der Waals surface area contributed by atoms with Gasteiger partial charge in [0.1, 0.15) is 5.75 Å². The second-order valence-corrected chi connectivity index (χ2v) is 4.98. The molecule has 3 heteroatoms. The van der Waals surface area contributed by atoms with Crippen LogP contribution in [0, 0.1) is 5.92 Å². The Bertz CT molecular complexity index is 346. The maximum absolute atomic E-state index is 9.41. The zero-order valence-corrected chi connectivity index (χ0v) is 10.1. The molecule has 1 saturated carbocycles. The van der Waals surface area contributed by atoms with Crippen LogP contribution in [0.4, 0.5) is 0 Å². The van der Waals surface area contributed by atoms with Crippen LogP contribution in [0.15, 0.2) is 24.3 Å². The first-order chi connectivity index (χ1) is 8.24. The van der Waals surface area contributed by atoms with Crippen molar-refractivity contribution in [2.75, 3.05) is 6.54 Å². The van der Waals surface area contributed by atoms with Crippen LogP contribution in [0.2, 0.25) is 0 Å². The number of nitrogens with one attached hydrogen (secondary N) is 1. The standard InChI is InChI=1S/C14H21NO2/c16-13-6-4-11(5-7-13)9-15-10-12-2-1-3-14(17)8-12/h1-3,8,11,13,15-17H,4-7,9-10H2. The Morgan fingerprint density at radius 2 is 1.94 bits per heavy atom. The lowest BCUT2D eigenvalue weighted by atomic mass is 9.87. The van der Waals surface area contributed by atoms with E-state index in [4.69, 9.17) is 0 Å². The topological polar surface area (TPSA) is 52.5 Å². The highest BCUT2D eigenvalue weighted by molar-refractivity contribution is 5.26. The Labute approximate surface area is 102 Å². The van der Waals surface area contributed by atoms with Gasteiger partial charge in [0, 0.05) is 6.54 Å². The van der Waals surface area contributed by atoms with E-state index >= 15 is 0 Å². The molecular formula is C14H21NO2. The van der Waals surface area contributed by atoms with Gasteiger partial charge >= 0.3 is 0 Å². The van der Waals surface area contributed by atoms with Crippen molar-refractivity contribution in [1.82, 2.24) is 5.32 Å². The molecule has 0 spiro atoms. The Morgan fingerprint density at radius 3 is 2.65 bits per heavy atom. The van der Waals surface area contributed by atoms with Gasteiger partial charge in [-0.15, -0.1) is 0 Å². The summed E-state index contributed by atoms with van der Waals surface area (Å²) in [7, 11) is 0. The highest BCUT2D eigenvalue weighted by atomic mass is 16.3. The summed E-state index contributed by atoms with van der Waals surface area (Å²) >= 11 is 0. The minimum Gasteiger partial charge on any atom is -0.508 e. The van der Waals surface area contributed by atoms with Crippen LogP contribution in [-0.4, -0.2) is 22.9 Å². The largest absolute Gasteiger partial charge is 0.508 e. The van der Waals surface area contributed by atoms with Gasteiger partial charge in [0.15, 0.2) is 0 Å². The van der Waals surface area contributed by atoms with Crippen LogP contribution >= 0.6 is 0 Å². The minimum atomic E-state index is -0.0719. The van der Waals surface area contributed by atoms with Crippen molar-refractivity contribution in [3.63, 3.8) is 0 Å². The molecule has 1 fully saturated rings. The van der Waals surface area contributed by atoms with Gasteiger partial charge in [-0.2, -0.15) is 0 Å². The molecule has 0 aromatic heterocycles. The van der Waals surface area contributed by atoms with E-state index in [1.54, 1.807) is 12.1 Å². The lowest BCUT2D eigenvalue weighted by Gasteiger charge is -2.25. The molecular weight excluding hydrogens is 214 g/mol. The van der Waals surface area contributed by atoms with Gasteiger partial charge in [-0.05, 0) is 55.8 Å². The highest BCUT2D eigenvalue weighted by Gasteiger charge is 2.18. The SMILES string of the molecule is Oc1cccc(CNCC2CCC(O)CC2)c1. The molecule has 0 aliphatic heterocycles. The van der Waals surface area contributed by atoms with Crippen LogP contribution in [-0.2, 0) is 6.54 Å². The molecule has 1 aliphatic carbocycles. The van der Waals surface area contributed by atoms with Crippen molar-refractivity contribution in [2.24, 2.45) is 5.92 Å². The maximum atomic E-state index is 9.41. The molecule has 94 valence electrons. The van der Waals surface area contributed by atoms with Crippen LogP contribution < -0.4 is 5.32 Å². The Balaban J connectivity index is 1.69. The molecule has 1 aromatic carbocycles. The summed E-state index contributed by atoms with van der Waals surface area (Å²) in [6, 6.07) is 7.35. The van der Waals surface area contributed by atoms with Crippen molar-refractivity contribution < 1.29 is 10.2 Å². The molecule has 1 aliphatic rings. The number of aromatic hydroxyl groups is 1. The normalized spacial score (nSPS) is 24.8. The number of aliphatic hydroxyl groups is 1. The highest BCUT2D eigenvalue weighted by Crippen LogP contribution is 2.23. The minimum absolute atomic E-state index is 0.0719. The van der Waals surface area contributed by atoms with Gasteiger partial charge in [0.25, 0.3) is 0 Å². The lowest BCUT2D eigenvalue weighted by Crippen LogP contribution is -2.27. The van der Waals surface area contributed by atoms with Gasteiger partial charge in [0.2, 0.25) is 0 Å². The molecule has 0 radical (unpaired) electrons. The van der Waals surface area contributed by atoms with Gasteiger partial charge < -0.3 is 15.5 Å². The number of rotatable bonds is 4. The number of aliphatic hydroxyl groups excluding tert-OH is 1. The van der Waals surface area contributed by atoms with Crippen molar-refractivity contribution in [1.29, 1.82) is 0 Å². The van der Waals surface area contributed by atoms with Crippen molar-refractivity contribution >= 4 is 0 Å². The Kier molecular flexibility index (Phi) is 4.40. The first-order valence-corrected chi connectivity index (χ1v) is 6.41. The number of phenols is 1. The zero-order valence-electron chi connectivity index (χ0n) is 10.1. The average Bonchev–Trinajstić information content (AvgIpc) is 2.32. The number of benzene rings is 1. The summed E-state index contributed by atoms with van der Waals surface area (Å²) < 4.78 is 0. The fraction of sp³-hybridized carbons (Fsp3) is 0.571. The lowest BCUT2D eigenvalue weighted by molar-refractivity contribution is 0.108. The monoisotopic (exact) mass is 235 g/mol. The molecule has 1 aromatic rings. The number of hydrogen-bond donors (Lipinski definition) is 3. The van der Waals surface area contributed by atoms with E-state index in [1.807, 2.05) is 12.1 Å². The summed E-state index contributed by atoms with van der Waals surface area (Å²) in [5.74, 6) is 1.01. The molecule has 0 amide bonds. The van der Waals surface area contributed by atoms with Crippen molar-refractivity contribution in [3.05, 3.63) is 29.8 Å². The quantitative estimate of drug-likeness (QED) is 0.748. The second kappa shape index (κ2) is 6.03. The average molecular weight is 235 g/mol. The van der Waals surface area contributed by atoms with E-state index in [-0.39, 0.29) is 6.10 Å². The first kappa shape index (κ1) is 12.4. The predicted octanol–water partition coefficient (Wildman–Crippen LogP) is 2.03. The third kappa shape index (κ3) is 4.02. The smallest absolute Gasteiger partial charge is 0.115 e. The molecule has 0 atom stereocenters. The van der Waals surface area contributed by atoms with E-state index in [1.165, 1.54) is 0 Å². The fourth-order valence-corrected chi connectivity index (χ4v) is 2.44. The fourth-order valence-electron chi connectivity index (χ4n) is 2.44. The molecule has 2 rings (SSSR count). The summed E-state index contributed by atoms with van der Waals surface area (Å²) in [5.41, 5.74) is 1.11. The Hall–Kier alpha value is -1.06. The summed E-state index contributed by atoms with van der Waals surface area (Å²) in [6.45, 7) is 1.80. The van der Waals surface area contributed by atoms with E-state index < -0.39 is 0 Å².